The number of amides is 2. The fourth-order valence-electron chi connectivity index (χ4n) is 2.55. The van der Waals surface area contributed by atoms with Crippen LogP contribution in [0.4, 0.5) is 16.2 Å². The van der Waals surface area contributed by atoms with Crippen LogP contribution in [0.25, 0.3) is 11.0 Å². The van der Waals surface area contributed by atoms with E-state index < -0.39 is 0 Å². The fourth-order valence-corrected chi connectivity index (χ4v) is 2.55. The molecule has 0 fully saturated rings. The van der Waals surface area contributed by atoms with Gasteiger partial charge in [0.15, 0.2) is 0 Å². The van der Waals surface area contributed by atoms with Gasteiger partial charge >= 0.3 is 11.7 Å². The van der Waals surface area contributed by atoms with E-state index in [-0.39, 0.29) is 11.7 Å². The van der Waals surface area contributed by atoms with Crippen molar-refractivity contribution in [2.45, 2.75) is 0 Å². The lowest BCUT2D eigenvalue weighted by Crippen LogP contribution is -2.19. The summed E-state index contributed by atoms with van der Waals surface area (Å²) >= 11 is 0. The molecule has 7 nitrogen and oxygen atoms in total. The lowest BCUT2D eigenvalue weighted by molar-refractivity contribution is 0.262. The average Bonchev–Trinajstić information content (AvgIpc) is 2.80. The van der Waals surface area contributed by atoms with Crippen LogP contribution >= 0.6 is 0 Å². The number of rotatable bonds is 3. The normalized spacial score (nSPS) is 10.6. The molecule has 0 saturated heterocycles. The number of aromatic nitrogens is 2. The van der Waals surface area contributed by atoms with Gasteiger partial charge < -0.3 is 15.4 Å². The molecule has 0 spiro atoms. The van der Waals surface area contributed by atoms with E-state index >= 15 is 0 Å². The number of anilines is 2. The third-order valence-corrected chi connectivity index (χ3v) is 3.88. The molecule has 1 heterocycles. The molecule has 0 bridgehead atoms. The van der Waals surface area contributed by atoms with Crippen LogP contribution in [0.1, 0.15) is 0 Å². The van der Waals surface area contributed by atoms with Crippen LogP contribution in [0.2, 0.25) is 0 Å². The molecule has 1 aromatic heterocycles. The summed E-state index contributed by atoms with van der Waals surface area (Å²) in [5.74, 6) is 0.719. The van der Waals surface area contributed by atoms with E-state index in [2.05, 4.69) is 10.6 Å². The van der Waals surface area contributed by atoms with Crippen molar-refractivity contribution in [2.75, 3.05) is 17.7 Å². The predicted molar refractivity (Wildman–Crippen MR) is 93.8 cm³/mol. The summed E-state index contributed by atoms with van der Waals surface area (Å²) in [6.07, 6.45) is 0. The third kappa shape index (κ3) is 2.83. The highest BCUT2D eigenvalue weighted by molar-refractivity contribution is 6.00. The van der Waals surface area contributed by atoms with Gasteiger partial charge in [0.1, 0.15) is 5.75 Å². The molecule has 0 atom stereocenters. The van der Waals surface area contributed by atoms with Crippen molar-refractivity contribution in [1.82, 2.24) is 9.13 Å². The fraction of sp³-hybridized carbons (Fsp3) is 0.176. The zero-order valence-corrected chi connectivity index (χ0v) is 13.7. The van der Waals surface area contributed by atoms with Gasteiger partial charge in [0.2, 0.25) is 0 Å². The molecule has 24 heavy (non-hydrogen) atoms. The van der Waals surface area contributed by atoms with E-state index in [1.807, 2.05) is 0 Å². The van der Waals surface area contributed by atoms with Crippen molar-refractivity contribution >= 4 is 28.4 Å². The molecule has 0 aliphatic rings. The van der Waals surface area contributed by atoms with Gasteiger partial charge in [0, 0.05) is 25.5 Å². The summed E-state index contributed by atoms with van der Waals surface area (Å²) in [6, 6.07) is 12.0. The van der Waals surface area contributed by atoms with E-state index in [1.165, 1.54) is 0 Å². The summed E-state index contributed by atoms with van der Waals surface area (Å²) in [4.78, 5) is 24.0. The minimum atomic E-state index is -0.361. The predicted octanol–water partition coefficient (Wildman–Crippen LogP) is 2.53. The van der Waals surface area contributed by atoms with Gasteiger partial charge in [0.25, 0.3) is 0 Å². The van der Waals surface area contributed by atoms with Crippen LogP contribution in [0.3, 0.4) is 0 Å². The van der Waals surface area contributed by atoms with Gasteiger partial charge in [-0.05, 0) is 42.5 Å². The first-order chi connectivity index (χ1) is 11.5. The Balaban J connectivity index is 1.77. The van der Waals surface area contributed by atoms with Crippen molar-refractivity contribution in [3.05, 3.63) is 52.9 Å². The van der Waals surface area contributed by atoms with E-state index in [0.29, 0.717) is 11.4 Å². The Hall–Kier alpha value is -3.22. The largest absolute Gasteiger partial charge is 0.497 e. The van der Waals surface area contributed by atoms with Gasteiger partial charge in [-0.15, -0.1) is 0 Å². The number of nitrogens with one attached hydrogen (secondary N) is 2. The van der Waals surface area contributed by atoms with E-state index in [9.17, 15) is 9.59 Å². The molecule has 0 aliphatic carbocycles. The van der Waals surface area contributed by atoms with Crippen LogP contribution in [0.5, 0.6) is 5.75 Å². The summed E-state index contributed by atoms with van der Waals surface area (Å²) in [5.41, 5.74) is 2.72. The number of fused-ring (bicyclic) bond motifs is 1. The molecule has 7 heteroatoms. The van der Waals surface area contributed by atoms with Crippen molar-refractivity contribution in [1.29, 1.82) is 0 Å². The number of methoxy groups -OCH3 is 1. The van der Waals surface area contributed by atoms with E-state index in [0.717, 1.165) is 16.8 Å². The second kappa shape index (κ2) is 6.11. The minimum absolute atomic E-state index is 0.107. The number of urea groups is 1. The molecule has 0 unspecified atom stereocenters. The number of aryl methyl sites for hydroxylation is 2. The van der Waals surface area contributed by atoms with Gasteiger partial charge in [0.05, 0.1) is 18.1 Å². The van der Waals surface area contributed by atoms with Crippen molar-refractivity contribution in [3.8, 4) is 5.75 Å². The smallest absolute Gasteiger partial charge is 0.328 e. The van der Waals surface area contributed by atoms with Crippen LogP contribution < -0.4 is 21.1 Å². The molecule has 2 aromatic carbocycles. The van der Waals surface area contributed by atoms with E-state index in [4.69, 9.17) is 4.74 Å². The number of benzene rings is 2. The first-order valence-corrected chi connectivity index (χ1v) is 7.37. The molecule has 124 valence electrons. The second-order valence-corrected chi connectivity index (χ2v) is 5.41. The summed E-state index contributed by atoms with van der Waals surface area (Å²) in [6.45, 7) is 0. The number of hydrogen-bond donors (Lipinski definition) is 2. The number of imidazole rings is 1. The number of nitrogens with zero attached hydrogens (tertiary/aromatic N) is 2. The quantitative estimate of drug-likeness (QED) is 0.776. The van der Waals surface area contributed by atoms with Crippen molar-refractivity contribution in [2.24, 2.45) is 14.1 Å². The Morgan fingerprint density at radius 2 is 1.50 bits per heavy atom. The van der Waals surface area contributed by atoms with Crippen LogP contribution in [0.15, 0.2) is 47.3 Å². The zero-order valence-electron chi connectivity index (χ0n) is 13.7. The zero-order chi connectivity index (χ0) is 17.3. The molecule has 3 rings (SSSR count). The van der Waals surface area contributed by atoms with Crippen LogP contribution in [0, 0.1) is 0 Å². The molecular formula is C17H18N4O3. The molecular weight excluding hydrogens is 308 g/mol. The van der Waals surface area contributed by atoms with Crippen molar-refractivity contribution in [3.63, 3.8) is 0 Å². The highest BCUT2D eigenvalue weighted by Crippen LogP contribution is 2.19. The molecule has 3 aromatic rings. The van der Waals surface area contributed by atoms with Gasteiger partial charge in [-0.3, -0.25) is 9.13 Å². The lowest BCUT2D eigenvalue weighted by atomic mass is 10.2. The Morgan fingerprint density at radius 3 is 2.17 bits per heavy atom. The molecule has 2 amide bonds. The minimum Gasteiger partial charge on any atom is -0.497 e. The summed E-state index contributed by atoms with van der Waals surface area (Å²) in [7, 11) is 5.00. The molecule has 0 saturated carbocycles. The topological polar surface area (TPSA) is 77.3 Å². The standard InChI is InChI=1S/C17H18N4O3/c1-20-14-9-6-12(10-15(14)21(2)17(20)23)19-16(22)18-11-4-7-13(24-3)8-5-11/h4-10H,1-3H3,(H2,18,19,22). The number of carbonyl (C=O) groups is 1. The molecule has 2 N–H and O–H groups in total. The van der Waals surface area contributed by atoms with E-state index in [1.54, 1.807) is 72.8 Å². The van der Waals surface area contributed by atoms with Crippen molar-refractivity contribution < 1.29 is 9.53 Å². The Labute approximate surface area is 138 Å². The first kappa shape index (κ1) is 15.7. The number of ether oxygens (including phenoxy) is 1. The van der Waals surface area contributed by atoms with Crippen LogP contribution in [-0.2, 0) is 14.1 Å². The Kier molecular flexibility index (Phi) is 3.99. The third-order valence-electron chi connectivity index (χ3n) is 3.88. The highest BCUT2D eigenvalue weighted by atomic mass is 16.5. The maximum atomic E-state index is 12.1. The molecule has 0 aliphatic heterocycles. The maximum Gasteiger partial charge on any atom is 0.328 e. The highest BCUT2D eigenvalue weighted by Gasteiger charge is 2.09. The monoisotopic (exact) mass is 326 g/mol. The second-order valence-electron chi connectivity index (χ2n) is 5.41. The number of carbonyl (C=O) groups excluding carboxylic acids is 1. The maximum absolute atomic E-state index is 12.1. The first-order valence-electron chi connectivity index (χ1n) is 7.37. The summed E-state index contributed by atoms with van der Waals surface area (Å²) < 4.78 is 8.18. The lowest BCUT2D eigenvalue weighted by Gasteiger charge is -2.09. The SMILES string of the molecule is COc1ccc(NC(=O)Nc2ccc3c(c2)n(C)c(=O)n3C)cc1. The Morgan fingerprint density at radius 1 is 0.917 bits per heavy atom. The number of hydrogen-bond acceptors (Lipinski definition) is 3. The Bertz CT molecular complexity index is 954. The van der Waals surface area contributed by atoms with Gasteiger partial charge in [-0.25, -0.2) is 9.59 Å². The average molecular weight is 326 g/mol. The molecule has 0 radical (unpaired) electrons. The summed E-state index contributed by atoms with van der Waals surface area (Å²) in [5, 5.41) is 5.50. The van der Waals surface area contributed by atoms with Gasteiger partial charge in [-0.2, -0.15) is 0 Å². The van der Waals surface area contributed by atoms with Gasteiger partial charge in [-0.1, -0.05) is 0 Å². The van der Waals surface area contributed by atoms with Crippen LogP contribution in [-0.4, -0.2) is 22.3 Å².